The topological polar surface area (TPSA) is 33.2 Å². The summed E-state index contributed by atoms with van der Waals surface area (Å²) in [6.45, 7) is 10.1. The van der Waals surface area contributed by atoms with Crippen LogP contribution in [0, 0.1) is 6.92 Å². The van der Waals surface area contributed by atoms with Gasteiger partial charge in [0.05, 0.1) is 17.1 Å². The van der Waals surface area contributed by atoms with Crippen molar-refractivity contribution in [2.45, 2.75) is 53.1 Å². The van der Waals surface area contributed by atoms with Gasteiger partial charge in [-0.2, -0.15) is 0 Å². The molecule has 0 saturated carbocycles. The average molecular weight is 240 g/mol. The largest absolute Gasteiger partial charge is 0.338 e. The quantitative estimate of drug-likeness (QED) is 0.810. The second kappa shape index (κ2) is 5.43. The second-order valence-corrected chi connectivity index (χ2v) is 5.59. The van der Waals surface area contributed by atoms with Gasteiger partial charge >= 0.3 is 0 Å². The Morgan fingerprint density at radius 3 is 2.31 bits per heavy atom. The summed E-state index contributed by atoms with van der Waals surface area (Å²) >= 11 is 1.59. The normalized spacial score (nSPS) is 11.2. The van der Waals surface area contributed by atoms with Gasteiger partial charge in [0.15, 0.2) is 0 Å². The number of hydrogen-bond donors (Lipinski definition) is 0. The van der Waals surface area contributed by atoms with E-state index >= 15 is 0 Å². The van der Waals surface area contributed by atoms with Crippen molar-refractivity contribution in [1.29, 1.82) is 0 Å². The molecular weight excluding hydrogens is 220 g/mol. The minimum absolute atomic E-state index is 0.162. The minimum atomic E-state index is 0.162. The lowest BCUT2D eigenvalue weighted by Crippen LogP contribution is -2.42. The standard InChI is InChI=1S/C12H20N2OS/c1-8(2)14(9(3)4)12(15)6-11-7-16-10(5)13-11/h7-9H,6H2,1-5H3. The summed E-state index contributed by atoms with van der Waals surface area (Å²) in [6, 6.07) is 0.486. The maximum absolute atomic E-state index is 12.1. The van der Waals surface area contributed by atoms with Crippen LogP contribution in [0.5, 0.6) is 0 Å². The van der Waals surface area contributed by atoms with E-state index in [-0.39, 0.29) is 18.0 Å². The minimum Gasteiger partial charge on any atom is -0.338 e. The van der Waals surface area contributed by atoms with Crippen LogP contribution in [0.4, 0.5) is 0 Å². The van der Waals surface area contributed by atoms with Gasteiger partial charge in [0.2, 0.25) is 5.91 Å². The summed E-state index contributed by atoms with van der Waals surface area (Å²) in [4.78, 5) is 18.3. The van der Waals surface area contributed by atoms with E-state index in [1.165, 1.54) is 0 Å². The first kappa shape index (κ1) is 13.2. The number of rotatable bonds is 4. The van der Waals surface area contributed by atoms with Gasteiger partial charge in [-0.05, 0) is 34.6 Å². The highest BCUT2D eigenvalue weighted by Gasteiger charge is 2.20. The highest BCUT2D eigenvalue weighted by Crippen LogP contribution is 2.12. The molecule has 0 saturated heterocycles. The highest BCUT2D eigenvalue weighted by molar-refractivity contribution is 7.09. The van der Waals surface area contributed by atoms with Crippen LogP contribution in [-0.2, 0) is 11.2 Å². The number of aromatic nitrogens is 1. The Morgan fingerprint density at radius 1 is 1.38 bits per heavy atom. The van der Waals surface area contributed by atoms with Gasteiger partial charge in [0, 0.05) is 17.5 Å². The van der Waals surface area contributed by atoms with Crippen molar-refractivity contribution in [3.63, 3.8) is 0 Å². The lowest BCUT2D eigenvalue weighted by Gasteiger charge is -2.30. The molecule has 1 rings (SSSR count). The van der Waals surface area contributed by atoms with Crippen molar-refractivity contribution in [3.05, 3.63) is 16.1 Å². The number of hydrogen-bond acceptors (Lipinski definition) is 3. The van der Waals surface area contributed by atoms with E-state index in [0.29, 0.717) is 6.42 Å². The third kappa shape index (κ3) is 3.30. The zero-order chi connectivity index (χ0) is 12.3. The Bertz CT molecular complexity index is 350. The smallest absolute Gasteiger partial charge is 0.229 e. The molecule has 3 nitrogen and oxygen atoms in total. The van der Waals surface area contributed by atoms with Crippen molar-refractivity contribution < 1.29 is 4.79 Å². The number of carbonyl (C=O) groups is 1. The first-order valence-electron chi connectivity index (χ1n) is 5.64. The maximum atomic E-state index is 12.1. The monoisotopic (exact) mass is 240 g/mol. The van der Waals surface area contributed by atoms with Gasteiger partial charge < -0.3 is 4.90 Å². The summed E-state index contributed by atoms with van der Waals surface area (Å²) in [5.41, 5.74) is 0.888. The van der Waals surface area contributed by atoms with E-state index in [4.69, 9.17) is 0 Å². The molecule has 1 aromatic heterocycles. The van der Waals surface area contributed by atoms with E-state index in [1.54, 1.807) is 11.3 Å². The molecule has 0 bridgehead atoms. The Labute approximate surface area is 101 Å². The van der Waals surface area contributed by atoms with E-state index in [2.05, 4.69) is 4.98 Å². The molecule has 16 heavy (non-hydrogen) atoms. The van der Waals surface area contributed by atoms with Crippen LogP contribution >= 0.6 is 11.3 Å². The predicted molar refractivity (Wildman–Crippen MR) is 67.7 cm³/mol. The van der Waals surface area contributed by atoms with E-state index < -0.39 is 0 Å². The fraction of sp³-hybridized carbons (Fsp3) is 0.667. The SMILES string of the molecule is Cc1nc(CC(=O)N(C(C)C)C(C)C)cs1. The van der Waals surface area contributed by atoms with Crippen LogP contribution in [0.3, 0.4) is 0 Å². The molecule has 0 atom stereocenters. The predicted octanol–water partition coefficient (Wildman–Crippen LogP) is 2.64. The fourth-order valence-corrected chi connectivity index (χ4v) is 2.52. The van der Waals surface area contributed by atoms with Crippen molar-refractivity contribution in [3.8, 4) is 0 Å². The first-order valence-corrected chi connectivity index (χ1v) is 6.52. The molecule has 0 aromatic carbocycles. The van der Waals surface area contributed by atoms with Gasteiger partial charge in [-0.1, -0.05) is 0 Å². The molecule has 1 amide bonds. The Morgan fingerprint density at radius 2 is 1.94 bits per heavy atom. The lowest BCUT2D eigenvalue weighted by molar-refractivity contribution is -0.134. The number of aryl methyl sites for hydroxylation is 1. The van der Waals surface area contributed by atoms with Crippen LogP contribution in [0.1, 0.15) is 38.4 Å². The van der Waals surface area contributed by atoms with E-state index in [0.717, 1.165) is 10.7 Å². The summed E-state index contributed by atoms with van der Waals surface area (Å²) in [7, 11) is 0. The van der Waals surface area contributed by atoms with Gasteiger partial charge in [-0.3, -0.25) is 4.79 Å². The molecule has 1 heterocycles. The van der Waals surface area contributed by atoms with E-state index in [1.807, 2.05) is 44.9 Å². The molecule has 4 heteroatoms. The van der Waals surface area contributed by atoms with Crippen molar-refractivity contribution in [1.82, 2.24) is 9.88 Å². The van der Waals surface area contributed by atoms with Crippen molar-refractivity contribution in [2.75, 3.05) is 0 Å². The molecule has 90 valence electrons. The summed E-state index contributed by atoms with van der Waals surface area (Å²) in [5.74, 6) is 0.162. The van der Waals surface area contributed by atoms with Crippen LogP contribution < -0.4 is 0 Å². The van der Waals surface area contributed by atoms with Crippen LogP contribution in [-0.4, -0.2) is 27.9 Å². The first-order chi connectivity index (χ1) is 7.41. The van der Waals surface area contributed by atoms with E-state index in [9.17, 15) is 4.79 Å². The lowest BCUT2D eigenvalue weighted by atomic mass is 10.2. The molecule has 0 aliphatic rings. The van der Waals surface area contributed by atoms with Crippen molar-refractivity contribution >= 4 is 17.2 Å². The Kier molecular flexibility index (Phi) is 4.47. The zero-order valence-electron chi connectivity index (χ0n) is 10.7. The zero-order valence-corrected chi connectivity index (χ0v) is 11.5. The Balaban J connectivity index is 2.69. The molecule has 0 aliphatic carbocycles. The molecule has 0 fully saturated rings. The number of thiazole rings is 1. The fourth-order valence-electron chi connectivity index (χ4n) is 1.91. The third-order valence-corrected chi connectivity index (χ3v) is 3.22. The third-order valence-electron chi connectivity index (χ3n) is 2.40. The van der Waals surface area contributed by atoms with Gasteiger partial charge in [-0.25, -0.2) is 4.98 Å². The van der Waals surface area contributed by atoms with Gasteiger partial charge in [-0.15, -0.1) is 11.3 Å². The molecule has 0 unspecified atom stereocenters. The number of nitrogens with zero attached hydrogens (tertiary/aromatic N) is 2. The number of carbonyl (C=O) groups excluding carboxylic acids is 1. The van der Waals surface area contributed by atoms with Crippen molar-refractivity contribution in [2.24, 2.45) is 0 Å². The summed E-state index contributed by atoms with van der Waals surface area (Å²) in [5, 5.41) is 2.98. The summed E-state index contributed by atoms with van der Waals surface area (Å²) in [6.07, 6.45) is 0.417. The van der Waals surface area contributed by atoms with Crippen LogP contribution in [0.2, 0.25) is 0 Å². The highest BCUT2D eigenvalue weighted by atomic mass is 32.1. The van der Waals surface area contributed by atoms with Gasteiger partial charge in [0.25, 0.3) is 0 Å². The molecule has 1 aromatic rings. The molecule has 0 spiro atoms. The maximum Gasteiger partial charge on any atom is 0.229 e. The molecule has 0 N–H and O–H groups in total. The van der Waals surface area contributed by atoms with Crippen LogP contribution in [0.15, 0.2) is 5.38 Å². The molecule has 0 aliphatic heterocycles. The average Bonchev–Trinajstić information content (AvgIpc) is 2.49. The Hall–Kier alpha value is -0.900. The number of amides is 1. The van der Waals surface area contributed by atoms with Gasteiger partial charge in [0.1, 0.15) is 0 Å². The summed E-state index contributed by atoms with van der Waals surface area (Å²) < 4.78 is 0. The second-order valence-electron chi connectivity index (χ2n) is 4.52. The molecular formula is C12H20N2OS. The van der Waals surface area contributed by atoms with Crippen LogP contribution in [0.25, 0.3) is 0 Å². The molecule has 0 radical (unpaired) electrons.